The number of hydrogen-bond acceptors (Lipinski definition) is 2. The summed E-state index contributed by atoms with van der Waals surface area (Å²) in [5.74, 6) is 0.420. The summed E-state index contributed by atoms with van der Waals surface area (Å²) in [6, 6.07) is 0. The van der Waals surface area contributed by atoms with Gasteiger partial charge in [0.15, 0.2) is 0 Å². The maximum atomic E-state index is 10.6. The molecule has 0 radical (unpaired) electrons. The maximum Gasteiger partial charge on any atom is 0.146 e. The fourth-order valence-electron chi connectivity index (χ4n) is 1.79. The predicted molar refractivity (Wildman–Crippen MR) is 49.3 cm³/mol. The van der Waals surface area contributed by atoms with Crippen LogP contribution in [0.2, 0.25) is 0 Å². The van der Waals surface area contributed by atoms with Crippen LogP contribution in [0.3, 0.4) is 0 Å². The summed E-state index contributed by atoms with van der Waals surface area (Å²) in [5.41, 5.74) is 1.84. The Morgan fingerprint density at radius 2 is 2.69 bits per heavy atom. The summed E-state index contributed by atoms with van der Waals surface area (Å²) in [4.78, 5) is 10.6. The first-order valence-corrected chi connectivity index (χ1v) is 4.31. The second-order valence-corrected chi connectivity index (χ2v) is 3.85. The van der Waals surface area contributed by atoms with Gasteiger partial charge in [-0.25, -0.2) is 0 Å². The number of rotatable bonds is 3. The molecule has 1 N–H and O–H groups in total. The van der Waals surface area contributed by atoms with Crippen LogP contribution in [0.1, 0.15) is 24.8 Å². The third-order valence-corrected chi connectivity index (χ3v) is 3.03. The van der Waals surface area contributed by atoms with Gasteiger partial charge < -0.3 is 0 Å². The van der Waals surface area contributed by atoms with Crippen molar-refractivity contribution in [2.24, 2.45) is 5.41 Å². The second-order valence-electron chi connectivity index (χ2n) is 3.85. The van der Waals surface area contributed by atoms with Crippen molar-refractivity contribution in [1.29, 1.82) is 0 Å². The molecule has 0 bridgehead atoms. The first-order valence-electron chi connectivity index (χ1n) is 4.31. The number of allylic oxidation sites excluding steroid dienone is 1. The van der Waals surface area contributed by atoms with E-state index < -0.39 is 0 Å². The molecule has 0 aliphatic heterocycles. The molecule has 1 fully saturated rings. The van der Waals surface area contributed by atoms with Crippen molar-refractivity contribution in [1.82, 2.24) is 10.2 Å². The van der Waals surface area contributed by atoms with Crippen molar-refractivity contribution in [2.75, 3.05) is 0 Å². The number of aldehydes is 1. The lowest BCUT2D eigenvalue weighted by Crippen LogP contribution is -2.01. The molecule has 13 heavy (non-hydrogen) atoms. The minimum atomic E-state index is -0.0222. The summed E-state index contributed by atoms with van der Waals surface area (Å²) in [5, 5.41) is 6.67. The van der Waals surface area contributed by atoms with E-state index in [1.54, 1.807) is 0 Å². The van der Waals surface area contributed by atoms with Crippen molar-refractivity contribution in [3.63, 3.8) is 0 Å². The minimum Gasteiger partial charge on any atom is -0.298 e. The first-order chi connectivity index (χ1) is 6.18. The molecule has 1 heterocycles. The van der Waals surface area contributed by atoms with Crippen LogP contribution >= 0.6 is 0 Å². The Labute approximate surface area is 76.8 Å². The minimum absolute atomic E-state index is 0.0222. The first kappa shape index (κ1) is 8.23. The monoisotopic (exact) mass is 176 g/mol. The van der Waals surface area contributed by atoms with Crippen LogP contribution in [0.5, 0.6) is 0 Å². The van der Waals surface area contributed by atoms with Gasteiger partial charge in [-0.3, -0.25) is 9.89 Å². The van der Waals surface area contributed by atoms with Crippen molar-refractivity contribution in [2.45, 2.75) is 19.3 Å². The average molecular weight is 176 g/mol. The molecule has 2 rings (SSSR count). The number of carbonyl (C=O) groups excluding carboxylic acids is 1. The van der Waals surface area contributed by atoms with Gasteiger partial charge in [-0.2, -0.15) is 5.10 Å². The molecule has 1 aliphatic rings. The van der Waals surface area contributed by atoms with Crippen LogP contribution < -0.4 is 0 Å². The number of hydrogen-bond donors (Lipinski definition) is 1. The molecule has 68 valence electrons. The molecule has 3 heteroatoms. The quantitative estimate of drug-likeness (QED) is 0.562. The largest absolute Gasteiger partial charge is 0.298 e. The Morgan fingerprint density at radius 1 is 1.92 bits per heavy atom. The molecule has 0 amide bonds. The van der Waals surface area contributed by atoms with Gasteiger partial charge in [0.2, 0.25) is 0 Å². The fraction of sp³-hybridized carbons (Fsp3) is 0.400. The van der Waals surface area contributed by atoms with Crippen LogP contribution in [0, 0.1) is 5.41 Å². The SMILES string of the molecule is C=C(C=O)C1(C)CC1c1cn[nH]c1. The lowest BCUT2D eigenvalue weighted by atomic mass is 9.96. The molecule has 0 aromatic carbocycles. The molecule has 2 unspecified atom stereocenters. The van der Waals surface area contributed by atoms with E-state index in [9.17, 15) is 4.79 Å². The fourth-order valence-corrected chi connectivity index (χ4v) is 1.79. The van der Waals surface area contributed by atoms with Crippen molar-refractivity contribution < 1.29 is 4.79 Å². The Bertz CT molecular complexity index is 342. The van der Waals surface area contributed by atoms with Gasteiger partial charge in [0.25, 0.3) is 0 Å². The van der Waals surface area contributed by atoms with E-state index in [-0.39, 0.29) is 5.41 Å². The third kappa shape index (κ3) is 1.11. The molecular weight excluding hydrogens is 164 g/mol. The van der Waals surface area contributed by atoms with Crippen LogP contribution in [0.4, 0.5) is 0 Å². The smallest absolute Gasteiger partial charge is 0.146 e. The predicted octanol–water partition coefficient (Wildman–Crippen LogP) is 1.66. The summed E-state index contributed by atoms with van der Waals surface area (Å²) < 4.78 is 0. The highest BCUT2D eigenvalue weighted by molar-refractivity contribution is 5.76. The number of nitrogens with one attached hydrogen (secondary N) is 1. The molecule has 1 aliphatic carbocycles. The van der Waals surface area contributed by atoms with E-state index in [1.807, 2.05) is 12.4 Å². The number of carbonyl (C=O) groups is 1. The highest BCUT2D eigenvalue weighted by Gasteiger charge is 2.52. The summed E-state index contributed by atoms with van der Waals surface area (Å²) >= 11 is 0. The normalized spacial score (nSPS) is 31.3. The Kier molecular flexibility index (Phi) is 1.62. The van der Waals surface area contributed by atoms with Gasteiger partial charge in [-0.05, 0) is 23.5 Å². The molecule has 1 aromatic rings. The number of nitrogens with zero attached hydrogens (tertiary/aromatic N) is 1. The van der Waals surface area contributed by atoms with E-state index in [2.05, 4.69) is 23.7 Å². The number of H-pyrrole nitrogens is 1. The zero-order valence-corrected chi connectivity index (χ0v) is 7.58. The molecule has 3 nitrogen and oxygen atoms in total. The highest BCUT2D eigenvalue weighted by Crippen LogP contribution is 2.62. The Morgan fingerprint density at radius 3 is 3.23 bits per heavy atom. The highest BCUT2D eigenvalue weighted by atomic mass is 16.1. The van der Waals surface area contributed by atoms with Crippen molar-refractivity contribution >= 4 is 6.29 Å². The molecular formula is C10H12N2O. The van der Waals surface area contributed by atoms with Crippen LogP contribution in [0.25, 0.3) is 0 Å². The van der Waals surface area contributed by atoms with Crippen molar-refractivity contribution in [3.05, 3.63) is 30.1 Å². The van der Waals surface area contributed by atoms with E-state index in [0.717, 1.165) is 12.7 Å². The number of aromatic amines is 1. The topological polar surface area (TPSA) is 45.8 Å². The van der Waals surface area contributed by atoms with Gasteiger partial charge in [0.1, 0.15) is 6.29 Å². The van der Waals surface area contributed by atoms with E-state index in [0.29, 0.717) is 11.5 Å². The van der Waals surface area contributed by atoms with Crippen molar-refractivity contribution in [3.8, 4) is 0 Å². The average Bonchev–Trinajstić information content (AvgIpc) is 2.65. The zero-order chi connectivity index (χ0) is 9.47. The second kappa shape index (κ2) is 2.55. The maximum absolute atomic E-state index is 10.6. The third-order valence-electron chi connectivity index (χ3n) is 3.03. The van der Waals surface area contributed by atoms with Crippen LogP contribution in [-0.2, 0) is 4.79 Å². The lowest BCUT2D eigenvalue weighted by molar-refractivity contribution is -0.105. The van der Waals surface area contributed by atoms with E-state index >= 15 is 0 Å². The van der Waals surface area contributed by atoms with E-state index in [1.165, 1.54) is 5.56 Å². The Hall–Kier alpha value is -1.38. The number of aromatic nitrogens is 2. The van der Waals surface area contributed by atoms with Crippen LogP contribution in [-0.4, -0.2) is 16.5 Å². The molecule has 1 saturated carbocycles. The van der Waals surface area contributed by atoms with Crippen LogP contribution in [0.15, 0.2) is 24.5 Å². The molecule has 2 atom stereocenters. The summed E-state index contributed by atoms with van der Waals surface area (Å²) in [6.07, 6.45) is 5.56. The summed E-state index contributed by atoms with van der Waals surface area (Å²) in [6.45, 7) is 5.84. The summed E-state index contributed by atoms with van der Waals surface area (Å²) in [7, 11) is 0. The van der Waals surface area contributed by atoms with Gasteiger partial charge in [0.05, 0.1) is 6.20 Å². The van der Waals surface area contributed by atoms with Gasteiger partial charge in [-0.15, -0.1) is 0 Å². The van der Waals surface area contributed by atoms with Gasteiger partial charge in [-0.1, -0.05) is 13.5 Å². The van der Waals surface area contributed by atoms with Gasteiger partial charge in [0, 0.05) is 11.6 Å². The van der Waals surface area contributed by atoms with Gasteiger partial charge >= 0.3 is 0 Å². The Balaban J connectivity index is 2.18. The molecule has 0 saturated heterocycles. The molecule has 1 aromatic heterocycles. The van der Waals surface area contributed by atoms with E-state index in [4.69, 9.17) is 0 Å². The lowest BCUT2D eigenvalue weighted by Gasteiger charge is -2.07. The standard InChI is InChI=1S/C10H12N2O/c1-7(6-13)10(2)3-9(10)8-4-11-12-5-8/h4-6,9H,1,3H2,2H3,(H,11,12). The zero-order valence-electron chi connectivity index (χ0n) is 7.58. The molecule has 0 spiro atoms.